The number of ether oxygens (including phenoxy) is 3. The fraction of sp³-hybridized carbons (Fsp3) is 0.111. The first-order chi connectivity index (χ1) is 16.1. The van der Waals surface area contributed by atoms with Crippen molar-refractivity contribution in [1.82, 2.24) is 5.16 Å². The molecule has 1 heterocycles. The van der Waals surface area contributed by atoms with Crippen LogP contribution in [-0.2, 0) is 9.53 Å². The van der Waals surface area contributed by atoms with E-state index in [1.54, 1.807) is 32.8 Å². The summed E-state index contributed by atoms with van der Waals surface area (Å²) < 4.78 is 20.6. The zero-order valence-electron chi connectivity index (χ0n) is 18.6. The maximum Gasteiger partial charge on any atom is 0.330 e. The van der Waals surface area contributed by atoms with Gasteiger partial charge >= 0.3 is 5.97 Å². The van der Waals surface area contributed by atoms with Gasteiger partial charge < -0.3 is 18.7 Å². The first-order valence-electron chi connectivity index (χ1n) is 10.3. The third-order valence-corrected chi connectivity index (χ3v) is 5.30. The molecule has 0 radical (unpaired) electrons. The molecule has 6 heteroatoms. The zero-order chi connectivity index (χ0) is 23.2. The van der Waals surface area contributed by atoms with Crippen LogP contribution in [0, 0.1) is 0 Å². The molecule has 0 aliphatic carbocycles. The molecule has 4 aromatic rings. The largest absolute Gasteiger partial charge is 0.497 e. The molecule has 0 spiro atoms. The molecule has 1 aromatic heterocycles. The van der Waals surface area contributed by atoms with Crippen molar-refractivity contribution in [3.63, 3.8) is 0 Å². The molecule has 0 aliphatic heterocycles. The Morgan fingerprint density at radius 3 is 1.79 bits per heavy atom. The lowest BCUT2D eigenvalue weighted by atomic mass is 9.87. The summed E-state index contributed by atoms with van der Waals surface area (Å²) in [6.45, 7) is 0. The average molecular weight is 441 g/mol. The lowest BCUT2D eigenvalue weighted by molar-refractivity contribution is -0.134. The minimum Gasteiger partial charge on any atom is -0.497 e. The Kier molecular flexibility index (Phi) is 6.55. The first kappa shape index (κ1) is 21.9. The zero-order valence-corrected chi connectivity index (χ0v) is 18.6. The molecule has 0 amide bonds. The standard InChI is InChI=1S/C27H23NO5/c1-30-22-9-5-19(6-10-22)24-14-18(4-13-26(29)32-3)15-25(27(24)21-16-28-33-17-21)20-7-11-23(31-2)12-8-20/h4-17H,1-3H3. The summed E-state index contributed by atoms with van der Waals surface area (Å²) in [6, 6.07) is 19.7. The van der Waals surface area contributed by atoms with Gasteiger partial charge in [-0.15, -0.1) is 0 Å². The van der Waals surface area contributed by atoms with Crippen molar-refractivity contribution in [2.45, 2.75) is 0 Å². The average Bonchev–Trinajstić information content (AvgIpc) is 3.41. The number of aromatic nitrogens is 1. The number of methoxy groups -OCH3 is 3. The molecule has 0 aliphatic rings. The summed E-state index contributed by atoms with van der Waals surface area (Å²) >= 11 is 0. The smallest absolute Gasteiger partial charge is 0.330 e. The van der Waals surface area contributed by atoms with Crippen LogP contribution in [0.15, 0.2) is 83.7 Å². The number of benzene rings is 3. The molecule has 0 saturated carbocycles. The van der Waals surface area contributed by atoms with Gasteiger partial charge in [0.1, 0.15) is 17.8 Å². The molecule has 0 bridgehead atoms. The number of nitrogens with zero attached hydrogens (tertiary/aromatic N) is 1. The Morgan fingerprint density at radius 1 is 0.818 bits per heavy atom. The number of hydrogen-bond donors (Lipinski definition) is 0. The van der Waals surface area contributed by atoms with Crippen LogP contribution in [0.2, 0.25) is 0 Å². The monoisotopic (exact) mass is 441 g/mol. The fourth-order valence-electron chi connectivity index (χ4n) is 3.63. The number of esters is 1. The maximum absolute atomic E-state index is 11.7. The third-order valence-electron chi connectivity index (χ3n) is 5.30. The Bertz CT molecular complexity index is 1190. The molecule has 4 rings (SSSR count). The topological polar surface area (TPSA) is 70.8 Å². The third kappa shape index (κ3) is 4.80. The van der Waals surface area contributed by atoms with E-state index in [0.29, 0.717) is 0 Å². The second-order valence-electron chi connectivity index (χ2n) is 7.22. The lowest BCUT2D eigenvalue weighted by Gasteiger charge is -2.17. The van der Waals surface area contributed by atoms with Crippen LogP contribution in [0.1, 0.15) is 5.56 Å². The van der Waals surface area contributed by atoms with Crippen molar-refractivity contribution in [2.75, 3.05) is 21.3 Å². The van der Waals surface area contributed by atoms with Crippen molar-refractivity contribution in [2.24, 2.45) is 0 Å². The van der Waals surface area contributed by atoms with Crippen molar-refractivity contribution >= 4 is 12.0 Å². The van der Waals surface area contributed by atoms with Gasteiger partial charge in [-0.05, 0) is 70.3 Å². The highest BCUT2D eigenvalue weighted by Gasteiger charge is 2.17. The second kappa shape index (κ2) is 9.87. The van der Waals surface area contributed by atoms with Crippen molar-refractivity contribution in [1.29, 1.82) is 0 Å². The van der Waals surface area contributed by atoms with E-state index in [9.17, 15) is 4.79 Å². The molecule has 3 aromatic carbocycles. The Labute approximate surface area is 192 Å². The van der Waals surface area contributed by atoms with E-state index in [1.165, 1.54) is 13.2 Å². The Balaban J connectivity index is 1.98. The van der Waals surface area contributed by atoms with E-state index in [4.69, 9.17) is 18.7 Å². The summed E-state index contributed by atoms with van der Waals surface area (Å²) in [5.74, 6) is 1.11. The van der Waals surface area contributed by atoms with Gasteiger partial charge in [0.05, 0.1) is 27.5 Å². The van der Waals surface area contributed by atoms with Crippen LogP contribution in [0.25, 0.3) is 39.5 Å². The number of rotatable bonds is 7. The predicted octanol–water partition coefficient (Wildman–Crippen LogP) is 5.88. The minimum atomic E-state index is -0.421. The molecule has 0 fully saturated rings. The normalized spacial score (nSPS) is 10.9. The van der Waals surface area contributed by atoms with E-state index in [-0.39, 0.29) is 0 Å². The van der Waals surface area contributed by atoms with Crippen LogP contribution in [0.4, 0.5) is 0 Å². The van der Waals surface area contributed by atoms with Crippen LogP contribution in [-0.4, -0.2) is 32.5 Å². The lowest BCUT2D eigenvalue weighted by Crippen LogP contribution is -1.95. The molecular formula is C27H23NO5. The molecule has 33 heavy (non-hydrogen) atoms. The molecular weight excluding hydrogens is 418 g/mol. The van der Waals surface area contributed by atoms with Crippen molar-refractivity contribution in [3.8, 4) is 44.9 Å². The van der Waals surface area contributed by atoms with E-state index in [0.717, 1.165) is 50.4 Å². The Hall–Kier alpha value is -4.32. The summed E-state index contributed by atoms with van der Waals surface area (Å²) in [5.41, 5.74) is 6.52. The SMILES string of the molecule is COC(=O)C=Cc1cc(-c2ccc(OC)cc2)c(-c2cnoc2)c(-c2ccc(OC)cc2)c1. The predicted molar refractivity (Wildman–Crippen MR) is 127 cm³/mol. The molecule has 0 atom stereocenters. The second-order valence-corrected chi connectivity index (χ2v) is 7.22. The van der Waals surface area contributed by atoms with Crippen LogP contribution >= 0.6 is 0 Å². The molecule has 0 unspecified atom stereocenters. The van der Waals surface area contributed by atoms with Gasteiger partial charge in [0, 0.05) is 17.2 Å². The number of hydrogen-bond acceptors (Lipinski definition) is 6. The maximum atomic E-state index is 11.7. The highest BCUT2D eigenvalue weighted by Crippen LogP contribution is 2.42. The molecule has 166 valence electrons. The molecule has 0 N–H and O–H groups in total. The van der Waals surface area contributed by atoms with Gasteiger partial charge in [-0.1, -0.05) is 29.4 Å². The van der Waals surface area contributed by atoms with Gasteiger partial charge in [0.15, 0.2) is 0 Å². The van der Waals surface area contributed by atoms with Crippen molar-refractivity contribution in [3.05, 3.63) is 84.8 Å². The first-order valence-corrected chi connectivity index (χ1v) is 10.3. The molecule has 0 saturated heterocycles. The van der Waals surface area contributed by atoms with Crippen LogP contribution < -0.4 is 9.47 Å². The van der Waals surface area contributed by atoms with E-state index >= 15 is 0 Å². The summed E-state index contributed by atoms with van der Waals surface area (Å²) in [7, 11) is 4.63. The summed E-state index contributed by atoms with van der Waals surface area (Å²) in [6.07, 6.45) is 6.46. The van der Waals surface area contributed by atoms with Gasteiger partial charge in [-0.25, -0.2) is 4.79 Å². The highest BCUT2D eigenvalue weighted by atomic mass is 16.5. The van der Waals surface area contributed by atoms with E-state index in [1.807, 2.05) is 60.7 Å². The van der Waals surface area contributed by atoms with Gasteiger partial charge in [0.25, 0.3) is 0 Å². The summed E-state index contributed by atoms with van der Waals surface area (Å²) in [4.78, 5) is 11.7. The fourth-order valence-corrected chi connectivity index (χ4v) is 3.63. The number of carbonyl (C=O) groups is 1. The van der Waals surface area contributed by atoms with E-state index < -0.39 is 5.97 Å². The van der Waals surface area contributed by atoms with Crippen molar-refractivity contribution < 1.29 is 23.5 Å². The highest BCUT2D eigenvalue weighted by molar-refractivity contribution is 5.96. The van der Waals surface area contributed by atoms with Crippen LogP contribution in [0.3, 0.4) is 0 Å². The van der Waals surface area contributed by atoms with Crippen LogP contribution in [0.5, 0.6) is 11.5 Å². The quantitative estimate of drug-likeness (QED) is 0.263. The summed E-state index contributed by atoms with van der Waals surface area (Å²) in [5, 5.41) is 3.93. The van der Waals surface area contributed by atoms with E-state index in [2.05, 4.69) is 5.16 Å². The van der Waals surface area contributed by atoms with Gasteiger partial charge in [-0.3, -0.25) is 0 Å². The Morgan fingerprint density at radius 2 is 1.36 bits per heavy atom. The molecule has 6 nitrogen and oxygen atoms in total. The minimum absolute atomic E-state index is 0.421. The number of carbonyl (C=O) groups excluding carboxylic acids is 1. The van der Waals surface area contributed by atoms with Gasteiger partial charge in [0.2, 0.25) is 0 Å². The van der Waals surface area contributed by atoms with Gasteiger partial charge in [-0.2, -0.15) is 0 Å².